The van der Waals surface area contributed by atoms with Gasteiger partial charge >= 0.3 is 0 Å². The fourth-order valence-electron chi connectivity index (χ4n) is 1.56. The van der Waals surface area contributed by atoms with Crippen LogP contribution in [-0.2, 0) is 12.5 Å². The van der Waals surface area contributed by atoms with Crippen molar-refractivity contribution in [2.24, 2.45) is 5.73 Å². The first-order valence-corrected chi connectivity index (χ1v) is 5.72. The number of nitrogens with two attached hydrogens (primary N) is 1. The van der Waals surface area contributed by atoms with Crippen molar-refractivity contribution in [2.45, 2.75) is 19.4 Å². The fraction of sp³-hybridized carbons (Fsp3) is 0.250. The number of hydrogen-bond acceptors (Lipinski definition) is 2. The molecule has 0 spiro atoms. The van der Waals surface area contributed by atoms with Gasteiger partial charge in [-0.2, -0.15) is 5.10 Å². The normalized spacial score (nSPS) is 11.8. The summed E-state index contributed by atoms with van der Waals surface area (Å²) in [4.78, 5) is 0. The standard InChI is InChI=1S/C12H12ClF2N3/c1-12(14,15)9-2-4-10(5-3-9)18-7-8(6-16)11(13)17-18/h2-5,7H,6,16H2,1H3. The Morgan fingerprint density at radius 2 is 1.94 bits per heavy atom. The molecule has 0 fully saturated rings. The van der Waals surface area contributed by atoms with E-state index in [4.69, 9.17) is 17.3 Å². The van der Waals surface area contributed by atoms with Crippen molar-refractivity contribution in [2.75, 3.05) is 0 Å². The zero-order valence-corrected chi connectivity index (χ0v) is 10.5. The summed E-state index contributed by atoms with van der Waals surface area (Å²) in [5, 5.41) is 4.38. The maximum Gasteiger partial charge on any atom is 0.270 e. The predicted molar refractivity (Wildman–Crippen MR) is 66.0 cm³/mol. The summed E-state index contributed by atoms with van der Waals surface area (Å²) in [6.45, 7) is 1.14. The van der Waals surface area contributed by atoms with Crippen molar-refractivity contribution in [3.63, 3.8) is 0 Å². The van der Waals surface area contributed by atoms with Crippen molar-refractivity contribution >= 4 is 11.6 Å². The molecule has 0 aliphatic rings. The number of alkyl halides is 2. The van der Waals surface area contributed by atoms with E-state index in [1.54, 1.807) is 18.3 Å². The largest absolute Gasteiger partial charge is 0.326 e. The van der Waals surface area contributed by atoms with Crippen LogP contribution in [0.5, 0.6) is 0 Å². The molecule has 2 rings (SSSR count). The quantitative estimate of drug-likeness (QED) is 0.932. The Morgan fingerprint density at radius 3 is 2.39 bits per heavy atom. The lowest BCUT2D eigenvalue weighted by Gasteiger charge is -2.10. The van der Waals surface area contributed by atoms with Gasteiger partial charge in [0.1, 0.15) is 0 Å². The molecule has 0 atom stereocenters. The SMILES string of the molecule is CC(F)(F)c1ccc(-n2cc(CN)c(Cl)n2)cc1. The lowest BCUT2D eigenvalue weighted by Crippen LogP contribution is -2.07. The molecule has 2 aromatic rings. The smallest absolute Gasteiger partial charge is 0.270 e. The molecule has 0 radical (unpaired) electrons. The molecule has 3 nitrogen and oxygen atoms in total. The molecule has 0 saturated heterocycles. The van der Waals surface area contributed by atoms with Crippen LogP contribution in [-0.4, -0.2) is 9.78 Å². The van der Waals surface area contributed by atoms with Gasteiger partial charge in [-0.3, -0.25) is 0 Å². The van der Waals surface area contributed by atoms with E-state index in [9.17, 15) is 8.78 Å². The molecule has 2 N–H and O–H groups in total. The van der Waals surface area contributed by atoms with Crippen molar-refractivity contribution in [3.05, 3.63) is 46.7 Å². The van der Waals surface area contributed by atoms with Gasteiger partial charge in [-0.1, -0.05) is 23.7 Å². The van der Waals surface area contributed by atoms with Crippen LogP contribution in [0.1, 0.15) is 18.1 Å². The van der Waals surface area contributed by atoms with Crippen molar-refractivity contribution < 1.29 is 8.78 Å². The minimum absolute atomic E-state index is 0.0384. The van der Waals surface area contributed by atoms with Crippen LogP contribution in [0.15, 0.2) is 30.5 Å². The molecule has 1 heterocycles. The van der Waals surface area contributed by atoms with Gasteiger partial charge in [-0.05, 0) is 12.1 Å². The second-order valence-electron chi connectivity index (χ2n) is 4.03. The van der Waals surface area contributed by atoms with Crippen LogP contribution >= 0.6 is 11.6 Å². The lowest BCUT2D eigenvalue weighted by molar-refractivity contribution is 0.0175. The second-order valence-corrected chi connectivity index (χ2v) is 4.39. The van der Waals surface area contributed by atoms with Gasteiger partial charge in [-0.25, -0.2) is 13.5 Å². The molecule has 1 aromatic carbocycles. The third kappa shape index (κ3) is 2.52. The van der Waals surface area contributed by atoms with Crippen molar-refractivity contribution in [3.8, 4) is 5.69 Å². The fourth-order valence-corrected chi connectivity index (χ4v) is 1.77. The summed E-state index contributed by atoms with van der Waals surface area (Å²) in [5.41, 5.74) is 6.81. The maximum atomic E-state index is 13.1. The second kappa shape index (κ2) is 4.66. The van der Waals surface area contributed by atoms with Crippen LogP contribution in [0, 0.1) is 0 Å². The molecule has 1 aromatic heterocycles. The van der Waals surface area contributed by atoms with Crippen LogP contribution in [0.3, 0.4) is 0 Å². The molecule has 0 bridgehead atoms. The number of halogens is 3. The summed E-state index contributed by atoms with van der Waals surface area (Å²) in [7, 11) is 0. The molecule has 6 heteroatoms. The zero-order valence-electron chi connectivity index (χ0n) is 9.70. The van der Waals surface area contributed by atoms with E-state index in [0.29, 0.717) is 16.4 Å². The average Bonchev–Trinajstić information content (AvgIpc) is 2.69. The number of aromatic nitrogens is 2. The number of hydrogen-bond donors (Lipinski definition) is 1. The van der Waals surface area contributed by atoms with Gasteiger partial charge in [0.25, 0.3) is 5.92 Å². The van der Waals surface area contributed by atoms with E-state index in [1.165, 1.54) is 16.8 Å². The maximum absolute atomic E-state index is 13.1. The summed E-state index contributed by atoms with van der Waals surface area (Å²) in [6.07, 6.45) is 1.68. The van der Waals surface area contributed by atoms with Gasteiger partial charge in [0.2, 0.25) is 0 Å². The van der Waals surface area contributed by atoms with Gasteiger partial charge in [0, 0.05) is 30.8 Å². The third-order valence-corrected chi connectivity index (χ3v) is 2.92. The molecule has 0 unspecified atom stereocenters. The highest BCUT2D eigenvalue weighted by Gasteiger charge is 2.23. The minimum atomic E-state index is -2.84. The van der Waals surface area contributed by atoms with Crippen LogP contribution in [0.2, 0.25) is 5.15 Å². The monoisotopic (exact) mass is 271 g/mol. The summed E-state index contributed by atoms with van der Waals surface area (Å²) in [5.74, 6) is -2.84. The van der Waals surface area contributed by atoms with Crippen LogP contribution < -0.4 is 5.73 Å². The van der Waals surface area contributed by atoms with Gasteiger partial charge in [0.15, 0.2) is 5.15 Å². The molecule has 0 aliphatic heterocycles. The van der Waals surface area contributed by atoms with E-state index >= 15 is 0 Å². The van der Waals surface area contributed by atoms with E-state index in [0.717, 1.165) is 6.92 Å². The van der Waals surface area contributed by atoms with Crippen molar-refractivity contribution in [1.82, 2.24) is 9.78 Å². The van der Waals surface area contributed by atoms with E-state index in [1.807, 2.05) is 0 Å². The lowest BCUT2D eigenvalue weighted by atomic mass is 10.1. The van der Waals surface area contributed by atoms with Gasteiger partial charge in [0.05, 0.1) is 5.69 Å². The molecule has 0 aliphatic carbocycles. The first-order chi connectivity index (χ1) is 8.41. The van der Waals surface area contributed by atoms with Crippen LogP contribution in [0.4, 0.5) is 8.78 Å². The van der Waals surface area contributed by atoms with Gasteiger partial charge < -0.3 is 5.73 Å². The Morgan fingerprint density at radius 1 is 1.33 bits per heavy atom. The number of nitrogens with zero attached hydrogens (tertiary/aromatic N) is 2. The Labute approximate surface area is 108 Å². The molecule has 0 amide bonds. The summed E-state index contributed by atoms with van der Waals surface area (Å²) >= 11 is 5.87. The van der Waals surface area contributed by atoms with E-state index in [-0.39, 0.29) is 12.1 Å². The molecular formula is C12H12ClF2N3. The Kier molecular flexibility index (Phi) is 3.36. The summed E-state index contributed by atoms with van der Waals surface area (Å²) < 4.78 is 27.6. The zero-order chi connectivity index (χ0) is 13.3. The van der Waals surface area contributed by atoms with E-state index in [2.05, 4.69) is 5.10 Å². The predicted octanol–water partition coefficient (Wildman–Crippen LogP) is 3.10. The number of rotatable bonds is 3. The molecular weight excluding hydrogens is 260 g/mol. The topological polar surface area (TPSA) is 43.8 Å². The number of benzene rings is 1. The first kappa shape index (κ1) is 13.0. The average molecular weight is 272 g/mol. The molecule has 18 heavy (non-hydrogen) atoms. The highest BCUT2D eigenvalue weighted by Crippen LogP contribution is 2.27. The van der Waals surface area contributed by atoms with E-state index < -0.39 is 5.92 Å². The van der Waals surface area contributed by atoms with Crippen LogP contribution in [0.25, 0.3) is 5.69 Å². The Bertz CT molecular complexity index is 543. The van der Waals surface area contributed by atoms with Gasteiger partial charge in [-0.15, -0.1) is 0 Å². The highest BCUT2D eigenvalue weighted by molar-refractivity contribution is 6.30. The Hall–Kier alpha value is -1.46. The minimum Gasteiger partial charge on any atom is -0.326 e. The molecule has 96 valence electrons. The third-order valence-electron chi connectivity index (χ3n) is 2.60. The Balaban J connectivity index is 2.34. The molecule has 0 saturated carbocycles. The first-order valence-electron chi connectivity index (χ1n) is 5.34. The summed E-state index contributed by atoms with van der Waals surface area (Å²) in [6, 6.07) is 5.87. The van der Waals surface area contributed by atoms with Crippen molar-refractivity contribution in [1.29, 1.82) is 0 Å². The highest BCUT2D eigenvalue weighted by atomic mass is 35.5.